The Kier molecular flexibility index (Phi) is 5.01. The number of benzene rings is 1. The first-order chi connectivity index (χ1) is 9.88. The topological polar surface area (TPSA) is 41.6 Å². The molecule has 0 radical (unpaired) electrons. The summed E-state index contributed by atoms with van der Waals surface area (Å²) in [6.45, 7) is 12.4. The number of nitrogens with one attached hydrogen (secondary N) is 1. The summed E-state index contributed by atoms with van der Waals surface area (Å²) in [6, 6.07) is 8.25. The lowest BCUT2D eigenvalue weighted by Gasteiger charge is -2.42. The Morgan fingerprint density at radius 3 is 2.52 bits per heavy atom. The van der Waals surface area contributed by atoms with Gasteiger partial charge in [-0.25, -0.2) is 0 Å². The molecule has 1 aliphatic rings. The van der Waals surface area contributed by atoms with Crippen LogP contribution in [0.25, 0.3) is 0 Å². The third-order valence-electron chi connectivity index (χ3n) is 3.77. The van der Waals surface area contributed by atoms with E-state index < -0.39 is 0 Å². The van der Waals surface area contributed by atoms with Crippen molar-refractivity contribution in [2.75, 3.05) is 26.2 Å². The van der Waals surface area contributed by atoms with Crippen molar-refractivity contribution in [3.05, 3.63) is 29.8 Å². The van der Waals surface area contributed by atoms with Gasteiger partial charge in [0, 0.05) is 39.1 Å². The Labute approximate surface area is 127 Å². The summed E-state index contributed by atoms with van der Waals surface area (Å²) in [5.41, 5.74) is 1.33. The van der Waals surface area contributed by atoms with Crippen LogP contribution < -0.4 is 10.1 Å². The second-order valence-corrected chi connectivity index (χ2v) is 6.72. The van der Waals surface area contributed by atoms with E-state index in [2.05, 4.69) is 37.1 Å². The van der Waals surface area contributed by atoms with E-state index in [0.717, 1.165) is 26.2 Å². The fraction of sp³-hybridized carbons (Fsp3) is 0.588. The second kappa shape index (κ2) is 6.58. The first kappa shape index (κ1) is 16.0. The van der Waals surface area contributed by atoms with Gasteiger partial charge in [-0.1, -0.05) is 32.9 Å². The molecule has 1 N–H and O–H groups in total. The molecule has 0 aromatic heterocycles. The minimum atomic E-state index is -0.276. The minimum absolute atomic E-state index is 0.117. The monoisotopic (exact) mass is 290 g/mol. The molecule has 1 aromatic rings. The number of nitrogens with zero attached hydrogens (tertiary/aromatic N) is 1. The van der Waals surface area contributed by atoms with E-state index in [1.54, 1.807) is 0 Å². The third-order valence-corrected chi connectivity index (χ3v) is 3.77. The van der Waals surface area contributed by atoms with Crippen molar-refractivity contribution in [3.63, 3.8) is 0 Å². The smallest absolute Gasteiger partial charge is 0.308 e. The summed E-state index contributed by atoms with van der Waals surface area (Å²) >= 11 is 0. The van der Waals surface area contributed by atoms with Crippen molar-refractivity contribution in [3.8, 4) is 5.75 Å². The van der Waals surface area contributed by atoms with Crippen LogP contribution in [0.1, 0.15) is 39.3 Å². The van der Waals surface area contributed by atoms with E-state index in [9.17, 15) is 4.79 Å². The number of rotatable bonds is 3. The van der Waals surface area contributed by atoms with E-state index >= 15 is 0 Å². The summed E-state index contributed by atoms with van der Waals surface area (Å²) in [7, 11) is 0. The maximum absolute atomic E-state index is 11.2. The minimum Gasteiger partial charge on any atom is -0.427 e. The van der Waals surface area contributed by atoms with Gasteiger partial charge in [-0.2, -0.15) is 0 Å². The average molecular weight is 290 g/mol. The number of esters is 1. The van der Waals surface area contributed by atoms with Crippen molar-refractivity contribution in [1.29, 1.82) is 0 Å². The molecular formula is C17H26N2O2. The van der Waals surface area contributed by atoms with Crippen molar-refractivity contribution in [2.24, 2.45) is 5.41 Å². The molecule has 0 spiro atoms. The van der Waals surface area contributed by atoms with E-state index in [-0.39, 0.29) is 11.4 Å². The van der Waals surface area contributed by atoms with Crippen LogP contribution in [0, 0.1) is 5.41 Å². The molecule has 0 amide bonds. The Balaban J connectivity index is 2.30. The normalized spacial score (nSPS) is 18.3. The number of ether oxygens (including phenoxy) is 1. The molecule has 1 aliphatic heterocycles. The quantitative estimate of drug-likeness (QED) is 0.686. The SMILES string of the molecule is CC(=O)Oc1cccc([C@H](N2CCNCC2)C(C)(C)C)c1. The largest absolute Gasteiger partial charge is 0.427 e. The highest BCUT2D eigenvalue weighted by atomic mass is 16.5. The van der Waals surface area contributed by atoms with Gasteiger partial charge in [0.05, 0.1) is 0 Å². The maximum Gasteiger partial charge on any atom is 0.308 e. The average Bonchev–Trinajstić information content (AvgIpc) is 2.38. The van der Waals surface area contributed by atoms with Crippen LogP contribution in [-0.4, -0.2) is 37.0 Å². The molecular weight excluding hydrogens is 264 g/mol. The molecule has 4 heteroatoms. The standard InChI is InChI=1S/C17H26N2O2/c1-13(20)21-15-7-5-6-14(12-15)16(17(2,3)4)19-10-8-18-9-11-19/h5-7,12,16,18H,8-11H2,1-4H3/t16-/m0/s1. The Morgan fingerprint density at radius 2 is 1.95 bits per heavy atom. The summed E-state index contributed by atoms with van der Waals surface area (Å²) < 4.78 is 5.24. The van der Waals surface area contributed by atoms with Gasteiger partial charge >= 0.3 is 5.97 Å². The number of carbonyl (C=O) groups excluding carboxylic acids is 1. The molecule has 1 saturated heterocycles. The zero-order chi connectivity index (χ0) is 15.5. The summed E-state index contributed by atoms with van der Waals surface area (Å²) in [5.74, 6) is 0.353. The van der Waals surface area contributed by atoms with Crippen LogP contribution in [0.4, 0.5) is 0 Å². The molecule has 4 nitrogen and oxygen atoms in total. The maximum atomic E-state index is 11.2. The number of carbonyl (C=O) groups is 1. The van der Waals surface area contributed by atoms with Crippen molar-refractivity contribution in [1.82, 2.24) is 10.2 Å². The lowest BCUT2D eigenvalue weighted by Crippen LogP contribution is -2.48. The first-order valence-electron chi connectivity index (χ1n) is 7.61. The zero-order valence-corrected chi connectivity index (χ0v) is 13.5. The molecule has 0 aliphatic carbocycles. The highest BCUT2D eigenvalue weighted by Gasteiger charge is 2.32. The van der Waals surface area contributed by atoms with Crippen LogP contribution in [0.5, 0.6) is 5.75 Å². The first-order valence-corrected chi connectivity index (χ1v) is 7.61. The van der Waals surface area contributed by atoms with Crippen molar-refractivity contribution >= 4 is 5.97 Å². The van der Waals surface area contributed by atoms with Gasteiger partial charge in [-0.3, -0.25) is 9.69 Å². The number of hydrogen-bond acceptors (Lipinski definition) is 4. The Hall–Kier alpha value is -1.39. The molecule has 21 heavy (non-hydrogen) atoms. The molecule has 1 aromatic carbocycles. The Bertz CT molecular complexity index is 488. The number of hydrogen-bond donors (Lipinski definition) is 1. The molecule has 1 heterocycles. The van der Waals surface area contributed by atoms with Gasteiger partial charge in [0.25, 0.3) is 0 Å². The summed E-state index contributed by atoms with van der Waals surface area (Å²) in [6.07, 6.45) is 0. The van der Waals surface area contributed by atoms with Crippen LogP contribution in [-0.2, 0) is 4.79 Å². The van der Waals surface area contributed by atoms with E-state index in [1.807, 2.05) is 18.2 Å². The van der Waals surface area contributed by atoms with Gasteiger partial charge in [-0.15, -0.1) is 0 Å². The van der Waals surface area contributed by atoms with Crippen LogP contribution in [0.2, 0.25) is 0 Å². The van der Waals surface area contributed by atoms with Crippen molar-refractivity contribution in [2.45, 2.75) is 33.7 Å². The lowest BCUT2D eigenvalue weighted by molar-refractivity contribution is -0.131. The van der Waals surface area contributed by atoms with Crippen LogP contribution in [0.15, 0.2) is 24.3 Å². The number of piperazine rings is 1. The second-order valence-electron chi connectivity index (χ2n) is 6.72. The van der Waals surface area contributed by atoms with Gasteiger partial charge in [-0.05, 0) is 23.1 Å². The summed E-state index contributed by atoms with van der Waals surface area (Å²) in [4.78, 5) is 13.7. The lowest BCUT2D eigenvalue weighted by atomic mass is 9.81. The highest BCUT2D eigenvalue weighted by Crippen LogP contribution is 2.39. The van der Waals surface area contributed by atoms with Crippen LogP contribution >= 0.6 is 0 Å². The molecule has 0 unspecified atom stereocenters. The molecule has 0 saturated carbocycles. The fourth-order valence-electron chi connectivity index (χ4n) is 3.11. The highest BCUT2D eigenvalue weighted by molar-refractivity contribution is 5.69. The van der Waals surface area contributed by atoms with E-state index in [4.69, 9.17) is 4.74 Å². The zero-order valence-electron chi connectivity index (χ0n) is 13.5. The summed E-state index contributed by atoms with van der Waals surface area (Å²) in [5, 5.41) is 3.40. The predicted molar refractivity (Wildman–Crippen MR) is 84.4 cm³/mol. The van der Waals surface area contributed by atoms with Gasteiger partial charge in [0.15, 0.2) is 0 Å². The third kappa shape index (κ3) is 4.29. The molecule has 2 rings (SSSR count). The van der Waals surface area contributed by atoms with E-state index in [0.29, 0.717) is 11.8 Å². The molecule has 1 atom stereocenters. The van der Waals surface area contributed by atoms with Gasteiger partial charge in [0.2, 0.25) is 0 Å². The van der Waals surface area contributed by atoms with Gasteiger partial charge in [0.1, 0.15) is 5.75 Å². The molecule has 0 bridgehead atoms. The molecule has 1 fully saturated rings. The Morgan fingerprint density at radius 1 is 1.29 bits per heavy atom. The fourth-order valence-corrected chi connectivity index (χ4v) is 3.11. The van der Waals surface area contributed by atoms with Crippen LogP contribution in [0.3, 0.4) is 0 Å². The van der Waals surface area contributed by atoms with E-state index in [1.165, 1.54) is 12.5 Å². The molecule has 116 valence electrons. The van der Waals surface area contributed by atoms with Gasteiger partial charge < -0.3 is 10.1 Å². The predicted octanol–water partition coefficient (Wildman–Crippen LogP) is 2.60. The van der Waals surface area contributed by atoms with Crippen molar-refractivity contribution < 1.29 is 9.53 Å².